The summed E-state index contributed by atoms with van der Waals surface area (Å²) in [6, 6.07) is 11.9. The predicted molar refractivity (Wildman–Crippen MR) is 92.5 cm³/mol. The van der Waals surface area contributed by atoms with Crippen LogP contribution in [-0.2, 0) is 16.4 Å². The molecule has 0 aliphatic heterocycles. The Hall–Kier alpha value is -1.23. The highest BCUT2D eigenvalue weighted by atomic mass is 35.5. The minimum Gasteiger partial charge on any atom is -0.267 e. The Bertz CT molecular complexity index is 758. The molecule has 6 heteroatoms. The van der Waals surface area contributed by atoms with Crippen molar-refractivity contribution < 1.29 is 8.42 Å². The Balaban J connectivity index is 2.50. The Morgan fingerprint density at radius 2 is 1.64 bits per heavy atom. The number of rotatable bonds is 5. The topological polar surface area (TPSA) is 37.4 Å². The third-order valence-corrected chi connectivity index (χ3v) is 6.00. The predicted octanol–water partition coefficient (Wildman–Crippen LogP) is 4.77. The average Bonchev–Trinajstić information content (AvgIpc) is 2.50. The van der Waals surface area contributed by atoms with Crippen LogP contribution in [0.25, 0.3) is 0 Å². The normalized spacial score (nSPS) is 11.5. The lowest BCUT2D eigenvalue weighted by molar-refractivity contribution is 0.592. The molecule has 0 unspecified atom stereocenters. The number of hydrogen-bond acceptors (Lipinski definition) is 2. The Kier molecular flexibility index (Phi) is 5.37. The summed E-state index contributed by atoms with van der Waals surface area (Å²) in [5.74, 6) is 0. The molecule has 0 spiro atoms. The number of anilines is 1. The summed E-state index contributed by atoms with van der Waals surface area (Å²) in [5.41, 5.74) is 1.76. The van der Waals surface area contributed by atoms with E-state index in [0.717, 1.165) is 12.0 Å². The van der Waals surface area contributed by atoms with Gasteiger partial charge in [0, 0.05) is 11.6 Å². The first kappa shape index (κ1) is 17.1. The summed E-state index contributed by atoms with van der Waals surface area (Å²) in [4.78, 5) is 0.0167. The molecule has 2 aromatic carbocycles. The fourth-order valence-electron chi connectivity index (χ4n) is 2.18. The zero-order valence-electron chi connectivity index (χ0n) is 12.4. The molecule has 2 rings (SSSR count). The van der Waals surface area contributed by atoms with Gasteiger partial charge in [0.1, 0.15) is 4.90 Å². The number of hydrogen-bond donors (Lipinski definition) is 0. The van der Waals surface area contributed by atoms with Crippen LogP contribution in [-0.4, -0.2) is 15.0 Å². The second-order valence-electron chi connectivity index (χ2n) is 4.76. The maximum absolute atomic E-state index is 12.9. The minimum absolute atomic E-state index is 0.0167. The van der Waals surface area contributed by atoms with Crippen LogP contribution >= 0.6 is 23.2 Å². The molecular weight excluding hydrogens is 341 g/mol. The summed E-state index contributed by atoms with van der Waals surface area (Å²) < 4.78 is 27.1. The highest BCUT2D eigenvalue weighted by Crippen LogP contribution is 2.30. The number of sulfonamides is 1. The van der Waals surface area contributed by atoms with E-state index in [2.05, 4.69) is 6.92 Å². The van der Waals surface area contributed by atoms with Crippen molar-refractivity contribution in [2.24, 2.45) is 0 Å². The van der Waals surface area contributed by atoms with Gasteiger partial charge in [-0.05, 0) is 49.2 Å². The Morgan fingerprint density at radius 1 is 1.00 bits per heavy atom. The fourth-order valence-corrected chi connectivity index (χ4v) is 4.40. The largest absolute Gasteiger partial charge is 0.267 e. The minimum atomic E-state index is -3.76. The molecule has 0 aromatic heterocycles. The van der Waals surface area contributed by atoms with Crippen molar-refractivity contribution in [2.75, 3.05) is 10.8 Å². The standard InChI is InChI=1S/C16H17Cl2NO2S/c1-3-12-5-8-14(9-6-12)19(4-2)22(20,21)16-11-13(17)7-10-15(16)18/h5-11H,3-4H2,1-2H3. The molecule has 0 amide bonds. The lowest BCUT2D eigenvalue weighted by Crippen LogP contribution is -2.31. The number of halogens is 2. The Labute approximate surface area is 141 Å². The van der Waals surface area contributed by atoms with Crippen LogP contribution in [0.5, 0.6) is 0 Å². The van der Waals surface area contributed by atoms with E-state index in [0.29, 0.717) is 17.3 Å². The van der Waals surface area contributed by atoms with Gasteiger partial charge in [-0.2, -0.15) is 0 Å². The van der Waals surface area contributed by atoms with Gasteiger partial charge in [0.15, 0.2) is 0 Å². The number of benzene rings is 2. The summed E-state index contributed by atoms with van der Waals surface area (Å²) >= 11 is 12.0. The summed E-state index contributed by atoms with van der Waals surface area (Å²) in [5, 5.41) is 0.494. The van der Waals surface area contributed by atoms with Crippen molar-refractivity contribution in [1.29, 1.82) is 0 Å². The molecular formula is C16H17Cl2NO2S. The molecule has 0 bridgehead atoms. The first-order chi connectivity index (χ1) is 10.4. The molecule has 3 nitrogen and oxygen atoms in total. The van der Waals surface area contributed by atoms with Gasteiger partial charge in [0.2, 0.25) is 0 Å². The maximum Gasteiger partial charge on any atom is 0.265 e. The zero-order valence-corrected chi connectivity index (χ0v) is 14.7. The maximum atomic E-state index is 12.9. The van der Waals surface area contributed by atoms with Gasteiger partial charge in [-0.3, -0.25) is 4.31 Å². The van der Waals surface area contributed by atoms with E-state index < -0.39 is 10.0 Å². The lowest BCUT2D eigenvalue weighted by Gasteiger charge is -2.23. The van der Waals surface area contributed by atoms with Crippen LogP contribution in [0.3, 0.4) is 0 Å². The molecule has 0 atom stereocenters. The van der Waals surface area contributed by atoms with E-state index in [4.69, 9.17) is 23.2 Å². The third-order valence-electron chi connectivity index (χ3n) is 3.38. The van der Waals surface area contributed by atoms with E-state index in [1.807, 2.05) is 12.1 Å². The fraction of sp³-hybridized carbons (Fsp3) is 0.250. The first-order valence-corrected chi connectivity index (χ1v) is 9.16. The summed E-state index contributed by atoms with van der Waals surface area (Å²) in [7, 11) is -3.76. The highest BCUT2D eigenvalue weighted by molar-refractivity contribution is 7.93. The van der Waals surface area contributed by atoms with Gasteiger partial charge < -0.3 is 0 Å². The Morgan fingerprint density at radius 3 is 2.18 bits per heavy atom. The highest BCUT2D eigenvalue weighted by Gasteiger charge is 2.26. The van der Waals surface area contributed by atoms with Gasteiger partial charge >= 0.3 is 0 Å². The van der Waals surface area contributed by atoms with E-state index >= 15 is 0 Å². The molecule has 2 aromatic rings. The number of aryl methyl sites for hydroxylation is 1. The molecule has 0 saturated heterocycles. The average molecular weight is 358 g/mol. The first-order valence-electron chi connectivity index (χ1n) is 6.96. The van der Waals surface area contributed by atoms with Crippen molar-refractivity contribution in [3.05, 3.63) is 58.1 Å². The van der Waals surface area contributed by atoms with Crippen molar-refractivity contribution in [1.82, 2.24) is 0 Å². The van der Waals surface area contributed by atoms with Gasteiger partial charge in [-0.15, -0.1) is 0 Å². The molecule has 0 heterocycles. The molecule has 118 valence electrons. The number of nitrogens with zero attached hydrogens (tertiary/aromatic N) is 1. The quantitative estimate of drug-likeness (QED) is 0.772. The smallest absolute Gasteiger partial charge is 0.265 e. The second kappa shape index (κ2) is 6.90. The lowest BCUT2D eigenvalue weighted by atomic mass is 10.1. The van der Waals surface area contributed by atoms with Crippen molar-refractivity contribution in [3.63, 3.8) is 0 Å². The molecule has 0 radical (unpaired) electrons. The van der Waals surface area contributed by atoms with Crippen LogP contribution in [0, 0.1) is 0 Å². The van der Waals surface area contributed by atoms with Crippen LogP contribution in [0.1, 0.15) is 19.4 Å². The monoisotopic (exact) mass is 357 g/mol. The van der Waals surface area contributed by atoms with E-state index in [9.17, 15) is 8.42 Å². The zero-order chi connectivity index (χ0) is 16.3. The summed E-state index contributed by atoms with van der Waals surface area (Å²) in [6.07, 6.45) is 0.902. The van der Waals surface area contributed by atoms with Crippen LogP contribution in [0.15, 0.2) is 47.4 Å². The summed E-state index contributed by atoms with van der Waals surface area (Å²) in [6.45, 7) is 4.13. The van der Waals surface area contributed by atoms with E-state index in [-0.39, 0.29) is 9.92 Å². The van der Waals surface area contributed by atoms with Gasteiger partial charge in [-0.25, -0.2) is 8.42 Å². The molecule has 0 aliphatic carbocycles. The molecule has 0 saturated carbocycles. The third kappa shape index (κ3) is 3.40. The molecule has 22 heavy (non-hydrogen) atoms. The second-order valence-corrected chi connectivity index (χ2v) is 7.44. The molecule has 0 fully saturated rings. The van der Waals surface area contributed by atoms with Crippen molar-refractivity contribution in [3.8, 4) is 0 Å². The van der Waals surface area contributed by atoms with Crippen molar-refractivity contribution >= 4 is 38.9 Å². The van der Waals surface area contributed by atoms with Crippen LogP contribution < -0.4 is 4.31 Å². The molecule has 0 N–H and O–H groups in total. The van der Waals surface area contributed by atoms with Gasteiger partial charge in [-0.1, -0.05) is 42.3 Å². The van der Waals surface area contributed by atoms with Gasteiger partial charge in [0.25, 0.3) is 10.0 Å². The van der Waals surface area contributed by atoms with Crippen molar-refractivity contribution in [2.45, 2.75) is 25.2 Å². The van der Waals surface area contributed by atoms with E-state index in [1.165, 1.54) is 16.4 Å². The van der Waals surface area contributed by atoms with E-state index in [1.54, 1.807) is 25.1 Å². The SMILES string of the molecule is CCc1ccc(N(CC)S(=O)(=O)c2cc(Cl)ccc2Cl)cc1. The van der Waals surface area contributed by atoms with Crippen LogP contribution in [0.2, 0.25) is 10.0 Å². The van der Waals surface area contributed by atoms with Gasteiger partial charge in [0.05, 0.1) is 10.7 Å². The van der Waals surface area contributed by atoms with Crippen LogP contribution in [0.4, 0.5) is 5.69 Å². The molecule has 0 aliphatic rings.